The Balaban J connectivity index is 1.96. The fourth-order valence-electron chi connectivity index (χ4n) is 1.42. The number of rotatable bonds is 4. The van der Waals surface area contributed by atoms with Crippen LogP contribution in [-0.4, -0.2) is 10.1 Å². The standard InChI is InChI=1S/C11H10F3N3O/c1-6-16-11(17-18-6)5-15-4-7-2-9(13)10(14)3-8(7)12/h2-3,15H,4-5H2,1H3. The number of benzene rings is 1. The molecule has 0 aliphatic heterocycles. The molecule has 96 valence electrons. The normalized spacial score (nSPS) is 10.9. The van der Waals surface area contributed by atoms with Crippen LogP contribution in [0.15, 0.2) is 16.7 Å². The van der Waals surface area contributed by atoms with Gasteiger partial charge in [-0.25, -0.2) is 13.2 Å². The van der Waals surface area contributed by atoms with Crippen molar-refractivity contribution in [3.05, 3.63) is 46.9 Å². The van der Waals surface area contributed by atoms with Crippen LogP contribution in [0.4, 0.5) is 13.2 Å². The van der Waals surface area contributed by atoms with Crippen LogP contribution in [0.2, 0.25) is 0 Å². The molecule has 0 fully saturated rings. The fraction of sp³-hybridized carbons (Fsp3) is 0.273. The summed E-state index contributed by atoms with van der Waals surface area (Å²) in [5, 5.41) is 6.43. The average molecular weight is 257 g/mol. The molecular weight excluding hydrogens is 247 g/mol. The Morgan fingerprint density at radius 2 is 1.83 bits per heavy atom. The molecule has 1 N–H and O–H groups in total. The van der Waals surface area contributed by atoms with Crippen LogP contribution in [0.5, 0.6) is 0 Å². The molecule has 1 aromatic carbocycles. The summed E-state index contributed by atoms with van der Waals surface area (Å²) >= 11 is 0. The highest BCUT2D eigenvalue weighted by molar-refractivity contribution is 5.19. The van der Waals surface area contributed by atoms with E-state index in [2.05, 4.69) is 15.5 Å². The second-order valence-electron chi connectivity index (χ2n) is 3.69. The summed E-state index contributed by atoms with van der Waals surface area (Å²) in [5.41, 5.74) is 0.0362. The van der Waals surface area contributed by atoms with Gasteiger partial charge in [0, 0.05) is 25.1 Å². The maximum absolute atomic E-state index is 13.3. The van der Waals surface area contributed by atoms with E-state index in [9.17, 15) is 13.2 Å². The Kier molecular flexibility index (Phi) is 3.61. The van der Waals surface area contributed by atoms with Crippen LogP contribution in [-0.2, 0) is 13.1 Å². The fourth-order valence-corrected chi connectivity index (χ4v) is 1.42. The number of aryl methyl sites for hydroxylation is 1. The molecule has 0 atom stereocenters. The van der Waals surface area contributed by atoms with E-state index in [4.69, 9.17) is 4.52 Å². The van der Waals surface area contributed by atoms with Crippen molar-refractivity contribution in [3.63, 3.8) is 0 Å². The molecule has 0 radical (unpaired) electrons. The van der Waals surface area contributed by atoms with Gasteiger partial charge in [0.1, 0.15) is 5.82 Å². The first kappa shape index (κ1) is 12.6. The minimum atomic E-state index is -1.20. The lowest BCUT2D eigenvalue weighted by molar-refractivity contribution is 0.385. The molecule has 2 aromatic rings. The summed E-state index contributed by atoms with van der Waals surface area (Å²) in [5.74, 6) is -2.25. The molecule has 0 unspecified atom stereocenters. The second-order valence-corrected chi connectivity index (χ2v) is 3.69. The lowest BCUT2D eigenvalue weighted by atomic mass is 10.2. The number of hydrogen-bond acceptors (Lipinski definition) is 4. The summed E-state index contributed by atoms with van der Waals surface area (Å²) in [6, 6.07) is 1.34. The molecular formula is C11H10F3N3O. The van der Waals surface area contributed by atoms with E-state index in [1.807, 2.05) is 0 Å². The molecule has 0 saturated heterocycles. The minimum Gasteiger partial charge on any atom is -0.340 e. The third-order valence-corrected chi connectivity index (χ3v) is 2.26. The van der Waals surface area contributed by atoms with Gasteiger partial charge in [-0.1, -0.05) is 5.16 Å². The predicted molar refractivity (Wildman–Crippen MR) is 55.9 cm³/mol. The van der Waals surface area contributed by atoms with Gasteiger partial charge in [0.2, 0.25) is 5.89 Å². The zero-order chi connectivity index (χ0) is 13.1. The molecule has 4 nitrogen and oxygen atoms in total. The Bertz CT molecular complexity index is 556. The zero-order valence-electron chi connectivity index (χ0n) is 9.51. The summed E-state index contributed by atoms with van der Waals surface area (Å²) in [7, 11) is 0. The number of hydrogen-bond donors (Lipinski definition) is 1. The van der Waals surface area contributed by atoms with E-state index in [1.54, 1.807) is 6.92 Å². The van der Waals surface area contributed by atoms with Crippen LogP contribution in [0.25, 0.3) is 0 Å². The van der Waals surface area contributed by atoms with Gasteiger partial charge in [0.25, 0.3) is 0 Å². The van der Waals surface area contributed by atoms with Crippen LogP contribution >= 0.6 is 0 Å². The van der Waals surface area contributed by atoms with Crippen molar-refractivity contribution in [1.82, 2.24) is 15.5 Å². The number of nitrogens with one attached hydrogen (secondary N) is 1. The largest absolute Gasteiger partial charge is 0.340 e. The third kappa shape index (κ3) is 2.86. The van der Waals surface area contributed by atoms with E-state index in [0.29, 0.717) is 17.8 Å². The smallest absolute Gasteiger partial charge is 0.223 e. The number of aromatic nitrogens is 2. The summed E-state index contributed by atoms with van der Waals surface area (Å²) in [4.78, 5) is 3.93. The van der Waals surface area contributed by atoms with Gasteiger partial charge < -0.3 is 9.84 Å². The monoisotopic (exact) mass is 257 g/mol. The van der Waals surface area contributed by atoms with Crippen molar-refractivity contribution in [1.29, 1.82) is 0 Å². The van der Waals surface area contributed by atoms with Gasteiger partial charge in [-0.2, -0.15) is 4.98 Å². The van der Waals surface area contributed by atoms with Crippen molar-refractivity contribution in [2.24, 2.45) is 0 Å². The number of nitrogens with zero attached hydrogens (tertiary/aromatic N) is 2. The van der Waals surface area contributed by atoms with Crippen molar-refractivity contribution in [2.45, 2.75) is 20.0 Å². The molecule has 1 aromatic heterocycles. The topological polar surface area (TPSA) is 51.0 Å². The van der Waals surface area contributed by atoms with Crippen molar-refractivity contribution in [2.75, 3.05) is 0 Å². The molecule has 0 spiro atoms. The molecule has 0 aliphatic rings. The summed E-state index contributed by atoms with van der Waals surface area (Å²) in [6.07, 6.45) is 0. The lowest BCUT2D eigenvalue weighted by Gasteiger charge is -2.04. The first-order chi connectivity index (χ1) is 8.56. The average Bonchev–Trinajstić information content (AvgIpc) is 2.71. The Hall–Kier alpha value is -1.89. The first-order valence-electron chi connectivity index (χ1n) is 5.19. The van der Waals surface area contributed by atoms with Gasteiger partial charge in [-0.05, 0) is 6.07 Å². The summed E-state index contributed by atoms with van der Waals surface area (Å²) < 4.78 is 43.6. The highest BCUT2D eigenvalue weighted by Crippen LogP contribution is 2.13. The summed E-state index contributed by atoms with van der Waals surface area (Å²) in [6.45, 7) is 1.93. The van der Waals surface area contributed by atoms with E-state index in [-0.39, 0.29) is 18.7 Å². The highest BCUT2D eigenvalue weighted by atomic mass is 19.2. The molecule has 0 saturated carbocycles. The molecule has 7 heteroatoms. The van der Waals surface area contributed by atoms with E-state index in [1.165, 1.54) is 0 Å². The predicted octanol–water partition coefficient (Wildman–Crippen LogP) is 2.09. The van der Waals surface area contributed by atoms with Crippen molar-refractivity contribution in [3.8, 4) is 0 Å². The molecule has 0 aliphatic carbocycles. The Morgan fingerprint density at radius 1 is 1.11 bits per heavy atom. The molecule has 1 heterocycles. The van der Waals surface area contributed by atoms with Crippen LogP contribution in [0, 0.1) is 24.4 Å². The van der Waals surface area contributed by atoms with Crippen molar-refractivity contribution >= 4 is 0 Å². The van der Waals surface area contributed by atoms with Crippen molar-refractivity contribution < 1.29 is 17.7 Å². The highest BCUT2D eigenvalue weighted by Gasteiger charge is 2.09. The third-order valence-electron chi connectivity index (χ3n) is 2.26. The molecule has 0 amide bonds. The second kappa shape index (κ2) is 5.18. The Labute approximate surface area is 101 Å². The van der Waals surface area contributed by atoms with Gasteiger partial charge in [0.15, 0.2) is 17.5 Å². The SMILES string of the molecule is Cc1nc(CNCc2cc(F)c(F)cc2F)no1. The maximum atomic E-state index is 13.3. The van der Waals surface area contributed by atoms with Gasteiger partial charge in [-0.15, -0.1) is 0 Å². The Morgan fingerprint density at radius 3 is 2.50 bits per heavy atom. The van der Waals surface area contributed by atoms with Gasteiger partial charge >= 0.3 is 0 Å². The number of halogens is 3. The first-order valence-corrected chi connectivity index (χ1v) is 5.19. The quantitative estimate of drug-likeness (QED) is 0.852. The van der Waals surface area contributed by atoms with E-state index < -0.39 is 17.5 Å². The van der Waals surface area contributed by atoms with Gasteiger partial charge in [0.05, 0.1) is 6.54 Å². The zero-order valence-corrected chi connectivity index (χ0v) is 9.51. The van der Waals surface area contributed by atoms with E-state index >= 15 is 0 Å². The maximum Gasteiger partial charge on any atom is 0.223 e. The molecule has 2 rings (SSSR count). The van der Waals surface area contributed by atoms with Crippen LogP contribution in [0.3, 0.4) is 0 Å². The van der Waals surface area contributed by atoms with Gasteiger partial charge in [-0.3, -0.25) is 0 Å². The molecule has 0 bridgehead atoms. The molecule has 18 heavy (non-hydrogen) atoms. The van der Waals surface area contributed by atoms with Crippen LogP contribution < -0.4 is 5.32 Å². The van der Waals surface area contributed by atoms with Crippen LogP contribution in [0.1, 0.15) is 17.3 Å². The van der Waals surface area contributed by atoms with E-state index in [0.717, 1.165) is 6.07 Å². The minimum absolute atomic E-state index is 0.0362. The lowest BCUT2D eigenvalue weighted by Crippen LogP contribution is -2.15.